The highest BCUT2D eigenvalue weighted by Gasteiger charge is 2.14. The van der Waals surface area contributed by atoms with E-state index in [9.17, 15) is 9.59 Å². The Labute approximate surface area is 147 Å². The number of hydrogen-bond acceptors (Lipinski definition) is 4. The molecule has 2 aromatic heterocycles. The number of fused-ring (bicyclic) bond motifs is 1. The minimum Gasteiger partial charge on any atom is -0.351 e. The third-order valence-corrected chi connectivity index (χ3v) is 5.44. The summed E-state index contributed by atoms with van der Waals surface area (Å²) in [6, 6.07) is 7.85. The van der Waals surface area contributed by atoms with E-state index in [0.717, 1.165) is 15.0 Å². The molecule has 0 spiro atoms. The van der Waals surface area contributed by atoms with Crippen LogP contribution in [0.3, 0.4) is 0 Å². The smallest absolute Gasteiger partial charge is 0.254 e. The van der Waals surface area contributed by atoms with Gasteiger partial charge in [0.2, 0.25) is 5.91 Å². The number of carbonyl (C=O) groups is 1. The molecule has 0 saturated carbocycles. The molecule has 0 bridgehead atoms. The number of aromatic amines is 1. The molecule has 0 aliphatic carbocycles. The van der Waals surface area contributed by atoms with E-state index in [1.165, 1.54) is 0 Å². The zero-order valence-corrected chi connectivity index (χ0v) is 14.8. The molecule has 0 fully saturated rings. The summed E-state index contributed by atoms with van der Waals surface area (Å²) in [6.45, 7) is 3.78. The lowest BCUT2D eigenvalue weighted by molar-refractivity contribution is -0.120. The van der Waals surface area contributed by atoms with Crippen molar-refractivity contribution in [3.63, 3.8) is 0 Å². The maximum atomic E-state index is 12.2. The van der Waals surface area contributed by atoms with Crippen molar-refractivity contribution in [2.45, 2.75) is 26.8 Å². The van der Waals surface area contributed by atoms with Crippen molar-refractivity contribution in [1.29, 1.82) is 0 Å². The predicted octanol–water partition coefficient (Wildman–Crippen LogP) is 3.11. The molecule has 2 N–H and O–H groups in total. The highest BCUT2D eigenvalue weighted by molar-refractivity contribution is 7.19. The van der Waals surface area contributed by atoms with Gasteiger partial charge in [0, 0.05) is 26.2 Å². The van der Waals surface area contributed by atoms with Crippen LogP contribution in [0.4, 0.5) is 0 Å². The van der Waals surface area contributed by atoms with Crippen molar-refractivity contribution in [1.82, 2.24) is 15.3 Å². The third kappa shape index (κ3) is 3.34. The first-order valence-corrected chi connectivity index (χ1v) is 8.64. The van der Waals surface area contributed by atoms with Gasteiger partial charge in [0.25, 0.3) is 5.56 Å². The van der Waals surface area contributed by atoms with Crippen LogP contribution in [0.2, 0.25) is 5.02 Å². The fourth-order valence-corrected chi connectivity index (χ4v) is 3.98. The van der Waals surface area contributed by atoms with E-state index >= 15 is 0 Å². The number of aromatic nitrogens is 2. The molecule has 3 rings (SSSR count). The zero-order chi connectivity index (χ0) is 17.3. The van der Waals surface area contributed by atoms with E-state index in [-0.39, 0.29) is 17.9 Å². The lowest BCUT2D eigenvalue weighted by atomic mass is 10.1. The topological polar surface area (TPSA) is 74.8 Å². The Morgan fingerprint density at radius 3 is 2.79 bits per heavy atom. The monoisotopic (exact) mass is 361 g/mol. The Bertz CT molecular complexity index is 978. The Balaban J connectivity index is 1.72. The first-order valence-electron chi connectivity index (χ1n) is 7.44. The molecule has 0 radical (unpaired) electrons. The number of amides is 1. The van der Waals surface area contributed by atoms with Crippen LogP contribution in [0.15, 0.2) is 29.1 Å². The van der Waals surface area contributed by atoms with E-state index in [4.69, 9.17) is 11.6 Å². The van der Waals surface area contributed by atoms with E-state index in [0.29, 0.717) is 28.6 Å². The summed E-state index contributed by atoms with van der Waals surface area (Å²) in [5, 5.41) is 4.48. The first-order chi connectivity index (χ1) is 11.5. The van der Waals surface area contributed by atoms with Crippen LogP contribution in [0, 0.1) is 13.8 Å². The molecule has 1 amide bonds. The molecule has 7 heteroatoms. The highest BCUT2D eigenvalue weighted by Crippen LogP contribution is 2.34. The van der Waals surface area contributed by atoms with Gasteiger partial charge < -0.3 is 10.3 Å². The minimum atomic E-state index is -0.268. The molecule has 0 unspecified atom stereocenters. The van der Waals surface area contributed by atoms with Crippen molar-refractivity contribution in [2.24, 2.45) is 0 Å². The fraction of sp³-hybridized carbons (Fsp3) is 0.235. The third-order valence-electron chi connectivity index (χ3n) is 3.73. The number of nitrogens with one attached hydrogen (secondary N) is 2. The lowest BCUT2D eigenvalue weighted by Gasteiger charge is -2.06. The average Bonchev–Trinajstić information content (AvgIpc) is 2.85. The van der Waals surface area contributed by atoms with Crippen LogP contribution >= 0.6 is 22.9 Å². The number of thiophene rings is 1. The Morgan fingerprint density at radius 1 is 1.33 bits per heavy atom. The Morgan fingerprint density at radius 2 is 2.08 bits per heavy atom. The molecule has 1 aromatic carbocycles. The van der Waals surface area contributed by atoms with Crippen LogP contribution in [-0.2, 0) is 17.8 Å². The van der Waals surface area contributed by atoms with Crippen molar-refractivity contribution in [2.75, 3.05) is 0 Å². The fourth-order valence-electron chi connectivity index (χ4n) is 2.54. The van der Waals surface area contributed by atoms with Gasteiger partial charge >= 0.3 is 0 Å². The summed E-state index contributed by atoms with van der Waals surface area (Å²) in [7, 11) is 0. The van der Waals surface area contributed by atoms with Crippen molar-refractivity contribution in [3.05, 3.63) is 61.6 Å². The number of halogens is 1. The van der Waals surface area contributed by atoms with Crippen LogP contribution < -0.4 is 10.9 Å². The quantitative estimate of drug-likeness (QED) is 0.749. The zero-order valence-electron chi connectivity index (χ0n) is 13.3. The van der Waals surface area contributed by atoms with E-state index in [2.05, 4.69) is 15.3 Å². The maximum absolute atomic E-state index is 12.2. The summed E-state index contributed by atoms with van der Waals surface area (Å²) >= 11 is 7.92. The number of hydrogen-bond donors (Lipinski definition) is 2. The molecule has 0 atom stereocenters. The summed E-state index contributed by atoms with van der Waals surface area (Å²) in [5.41, 5.74) is 0.696. The summed E-state index contributed by atoms with van der Waals surface area (Å²) in [4.78, 5) is 31.8. The second kappa shape index (κ2) is 6.75. The summed E-state index contributed by atoms with van der Waals surface area (Å²) in [5.74, 6) is 0.307. The summed E-state index contributed by atoms with van der Waals surface area (Å²) < 4.78 is 1.08. The van der Waals surface area contributed by atoms with Crippen molar-refractivity contribution >= 4 is 38.9 Å². The largest absolute Gasteiger partial charge is 0.351 e. The van der Waals surface area contributed by atoms with Gasteiger partial charge in [0.15, 0.2) is 0 Å². The number of benzene rings is 1. The molecule has 0 aliphatic heterocycles. The normalized spacial score (nSPS) is 11.0. The standard InChI is InChI=1S/C17H16ClN3O2S/c1-9-12(17(23)21-10(2)20-9)7-15(22)19-8-14-16(18)11-5-3-4-6-13(11)24-14/h3-6H,7-8H2,1-2H3,(H,19,22)(H,20,21,23). The summed E-state index contributed by atoms with van der Waals surface area (Å²) in [6.07, 6.45) is -0.00302. The molecule has 0 aliphatic rings. The Kier molecular flexibility index (Phi) is 4.69. The van der Waals surface area contributed by atoms with Gasteiger partial charge in [-0.25, -0.2) is 4.98 Å². The van der Waals surface area contributed by atoms with Gasteiger partial charge in [-0.3, -0.25) is 9.59 Å². The number of H-pyrrole nitrogens is 1. The van der Waals surface area contributed by atoms with Gasteiger partial charge in [0.1, 0.15) is 5.82 Å². The average molecular weight is 362 g/mol. The lowest BCUT2D eigenvalue weighted by Crippen LogP contribution is -2.28. The second-order valence-electron chi connectivity index (χ2n) is 5.50. The van der Waals surface area contributed by atoms with Crippen LogP contribution in [0.1, 0.15) is 22.0 Å². The van der Waals surface area contributed by atoms with Gasteiger partial charge in [-0.2, -0.15) is 0 Å². The van der Waals surface area contributed by atoms with E-state index in [1.807, 2.05) is 24.3 Å². The van der Waals surface area contributed by atoms with Gasteiger partial charge in [-0.15, -0.1) is 11.3 Å². The minimum absolute atomic E-state index is 0.00302. The molecular weight excluding hydrogens is 346 g/mol. The SMILES string of the molecule is Cc1nc(C)c(CC(=O)NCc2sc3ccccc3c2Cl)c(=O)[nH]1. The van der Waals surface area contributed by atoms with Crippen LogP contribution in [0.25, 0.3) is 10.1 Å². The van der Waals surface area contributed by atoms with Crippen LogP contribution in [0.5, 0.6) is 0 Å². The second-order valence-corrected chi connectivity index (χ2v) is 7.02. The maximum Gasteiger partial charge on any atom is 0.254 e. The molecule has 2 heterocycles. The Hall–Kier alpha value is -2.18. The van der Waals surface area contributed by atoms with Crippen molar-refractivity contribution < 1.29 is 4.79 Å². The van der Waals surface area contributed by atoms with Gasteiger partial charge in [-0.05, 0) is 19.9 Å². The number of carbonyl (C=O) groups excluding carboxylic acids is 1. The molecular formula is C17H16ClN3O2S. The van der Waals surface area contributed by atoms with Gasteiger partial charge in [0.05, 0.1) is 18.0 Å². The molecule has 3 aromatic rings. The number of nitrogens with zero attached hydrogens (tertiary/aromatic N) is 1. The first kappa shape index (κ1) is 16.7. The van der Waals surface area contributed by atoms with Gasteiger partial charge in [-0.1, -0.05) is 29.8 Å². The van der Waals surface area contributed by atoms with Crippen LogP contribution in [-0.4, -0.2) is 15.9 Å². The molecule has 24 heavy (non-hydrogen) atoms. The number of aryl methyl sites for hydroxylation is 2. The number of rotatable bonds is 4. The highest BCUT2D eigenvalue weighted by atomic mass is 35.5. The molecule has 124 valence electrons. The van der Waals surface area contributed by atoms with E-state index in [1.54, 1.807) is 25.2 Å². The van der Waals surface area contributed by atoms with E-state index < -0.39 is 0 Å². The van der Waals surface area contributed by atoms with Crippen molar-refractivity contribution in [3.8, 4) is 0 Å². The predicted molar refractivity (Wildman–Crippen MR) is 96.7 cm³/mol. The molecule has 0 saturated heterocycles. The molecule has 5 nitrogen and oxygen atoms in total.